The molecule has 0 saturated carbocycles. The Balaban J connectivity index is 0.969. The number of anilines is 3. The topological polar surface area (TPSA) is 98.9 Å². The van der Waals surface area contributed by atoms with E-state index in [2.05, 4.69) is 26.4 Å². The van der Waals surface area contributed by atoms with Crippen LogP contribution < -0.4 is 10.2 Å². The van der Waals surface area contributed by atoms with E-state index in [0.29, 0.717) is 48.4 Å². The molecule has 45 heavy (non-hydrogen) atoms. The van der Waals surface area contributed by atoms with Crippen molar-refractivity contribution in [1.82, 2.24) is 24.5 Å². The predicted octanol–water partition coefficient (Wildman–Crippen LogP) is 6.10. The third kappa shape index (κ3) is 6.36. The number of nitrogens with one attached hydrogen (secondary N) is 1. The third-order valence-corrected chi connectivity index (χ3v) is 9.42. The fraction of sp³-hybridized carbons (Fsp3) is 0.314. The first-order valence-corrected chi connectivity index (χ1v) is 16.0. The molecule has 2 aliphatic heterocycles. The number of rotatable bonds is 7. The Hall–Kier alpha value is -4.47. The number of nitrogens with zero attached hydrogens (tertiary/aromatic N) is 6. The molecule has 5 aromatic rings. The number of likely N-dealkylation sites (tertiary alicyclic amines) is 1. The van der Waals surface area contributed by atoms with Crippen molar-refractivity contribution in [2.75, 3.05) is 36.4 Å². The normalized spacial score (nSPS) is 17.0. The molecule has 5 heterocycles. The van der Waals surface area contributed by atoms with Gasteiger partial charge in [-0.05, 0) is 104 Å². The van der Waals surface area contributed by atoms with Gasteiger partial charge in [0, 0.05) is 60.5 Å². The average molecular weight is 622 g/mol. The zero-order chi connectivity index (χ0) is 30.8. The number of carbonyl (C=O) groups is 1. The first kappa shape index (κ1) is 29.3. The van der Waals surface area contributed by atoms with E-state index in [-0.39, 0.29) is 5.91 Å². The maximum atomic E-state index is 13.2. The van der Waals surface area contributed by atoms with Crippen LogP contribution in [0.4, 0.5) is 17.3 Å². The molecule has 0 atom stereocenters. The highest BCUT2D eigenvalue weighted by Gasteiger charge is 2.34. The molecule has 1 amide bonds. The summed E-state index contributed by atoms with van der Waals surface area (Å²) in [7, 11) is 0. The van der Waals surface area contributed by atoms with Gasteiger partial charge >= 0.3 is 0 Å². The van der Waals surface area contributed by atoms with Crippen molar-refractivity contribution in [3.8, 4) is 0 Å². The van der Waals surface area contributed by atoms with Crippen LogP contribution in [0.3, 0.4) is 0 Å². The Labute approximate surface area is 267 Å². The van der Waals surface area contributed by atoms with Gasteiger partial charge in [-0.15, -0.1) is 5.10 Å². The van der Waals surface area contributed by atoms with Crippen LogP contribution in [0.1, 0.15) is 47.3 Å². The molecular formula is C35H36ClN7O2. The molecule has 2 aromatic carbocycles. The second kappa shape index (κ2) is 12.5. The first-order chi connectivity index (χ1) is 21.9. The van der Waals surface area contributed by atoms with E-state index >= 15 is 0 Å². The van der Waals surface area contributed by atoms with Gasteiger partial charge in [0.05, 0.1) is 11.3 Å². The third-order valence-electron chi connectivity index (χ3n) is 9.17. The maximum absolute atomic E-state index is 13.2. The second-order valence-electron chi connectivity index (χ2n) is 12.1. The fourth-order valence-corrected chi connectivity index (χ4v) is 6.65. The lowest BCUT2D eigenvalue weighted by Crippen LogP contribution is -2.42. The number of benzene rings is 2. The number of hydrogen-bond acceptors (Lipinski definition) is 7. The summed E-state index contributed by atoms with van der Waals surface area (Å²) in [5.41, 5.74) is 4.35. The van der Waals surface area contributed by atoms with E-state index in [1.54, 1.807) is 4.52 Å². The summed E-state index contributed by atoms with van der Waals surface area (Å²) in [5.74, 6) is 1.10. The molecule has 3 aromatic heterocycles. The van der Waals surface area contributed by atoms with Crippen LogP contribution in [0.2, 0.25) is 5.02 Å². The van der Waals surface area contributed by atoms with Gasteiger partial charge in [0.2, 0.25) is 5.95 Å². The molecule has 10 heteroatoms. The first-order valence-electron chi connectivity index (χ1n) is 15.6. The second-order valence-corrected chi connectivity index (χ2v) is 12.5. The standard InChI is InChI=1S/C35H36ClN7O2/c36-28-10-8-27(9-11-28)35(45)16-22-41(23-17-35)31-5-3-19-43-32(31)39-34(40-43)38-29-12-6-26(7-13-29)33(44)42-20-14-25(15-21-42)24-30-4-1-2-18-37-30/h1-13,18-19,25,45H,14-17,20-24H2,(H,38,40). The number of piperidine rings is 2. The van der Waals surface area contributed by atoms with Crippen LogP contribution in [0.25, 0.3) is 5.65 Å². The molecule has 2 aliphatic rings. The summed E-state index contributed by atoms with van der Waals surface area (Å²) in [6.45, 7) is 2.90. The van der Waals surface area contributed by atoms with Crippen LogP contribution in [0.5, 0.6) is 0 Å². The van der Waals surface area contributed by atoms with Crippen molar-refractivity contribution >= 4 is 40.5 Å². The van der Waals surface area contributed by atoms with E-state index in [1.165, 1.54) is 0 Å². The molecule has 0 unspecified atom stereocenters. The van der Waals surface area contributed by atoms with Crippen LogP contribution in [0, 0.1) is 5.92 Å². The van der Waals surface area contributed by atoms with Crippen LogP contribution in [0.15, 0.2) is 91.3 Å². The van der Waals surface area contributed by atoms with E-state index in [1.807, 2.05) is 90.1 Å². The predicted molar refractivity (Wildman–Crippen MR) is 176 cm³/mol. The Morgan fingerprint density at radius 1 is 0.933 bits per heavy atom. The number of halogens is 1. The monoisotopic (exact) mass is 621 g/mol. The maximum Gasteiger partial charge on any atom is 0.253 e. The minimum Gasteiger partial charge on any atom is -0.385 e. The Morgan fingerprint density at radius 3 is 2.40 bits per heavy atom. The summed E-state index contributed by atoms with van der Waals surface area (Å²) < 4.78 is 1.77. The number of carbonyl (C=O) groups excluding carboxylic acids is 1. The summed E-state index contributed by atoms with van der Waals surface area (Å²) in [6, 6.07) is 25.0. The highest BCUT2D eigenvalue weighted by atomic mass is 35.5. The molecule has 9 nitrogen and oxygen atoms in total. The van der Waals surface area contributed by atoms with Gasteiger partial charge in [-0.1, -0.05) is 29.8 Å². The highest BCUT2D eigenvalue weighted by Crippen LogP contribution is 2.36. The summed E-state index contributed by atoms with van der Waals surface area (Å²) in [6.07, 6.45) is 7.87. The van der Waals surface area contributed by atoms with Crippen molar-refractivity contribution < 1.29 is 9.90 Å². The largest absolute Gasteiger partial charge is 0.385 e. The minimum absolute atomic E-state index is 0.0674. The van der Waals surface area contributed by atoms with E-state index < -0.39 is 5.60 Å². The number of hydrogen-bond donors (Lipinski definition) is 2. The summed E-state index contributed by atoms with van der Waals surface area (Å²) >= 11 is 6.05. The van der Waals surface area contributed by atoms with Crippen LogP contribution >= 0.6 is 11.6 Å². The fourth-order valence-electron chi connectivity index (χ4n) is 6.52. The van der Waals surface area contributed by atoms with E-state index in [4.69, 9.17) is 16.6 Å². The summed E-state index contributed by atoms with van der Waals surface area (Å²) in [4.78, 5) is 26.7. The summed E-state index contributed by atoms with van der Waals surface area (Å²) in [5, 5.41) is 19.9. The molecule has 2 saturated heterocycles. The number of fused-ring (bicyclic) bond motifs is 1. The van der Waals surface area contributed by atoms with Gasteiger partial charge in [-0.3, -0.25) is 9.78 Å². The van der Waals surface area contributed by atoms with Crippen molar-refractivity contribution in [2.45, 2.75) is 37.7 Å². The Morgan fingerprint density at radius 2 is 1.69 bits per heavy atom. The van der Waals surface area contributed by atoms with E-state index in [9.17, 15) is 9.90 Å². The quantitative estimate of drug-likeness (QED) is 0.226. The van der Waals surface area contributed by atoms with Gasteiger partial charge < -0.3 is 20.2 Å². The number of aliphatic hydroxyl groups is 1. The molecule has 0 aliphatic carbocycles. The Bertz CT molecular complexity index is 1760. The molecule has 0 radical (unpaired) electrons. The van der Waals surface area contributed by atoms with Crippen molar-refractivity contribution in [3.05, 3.63) is 113 Å². The lowest BCUT2D eigenvalue weighted by molar-refractivity contribution is 0.0118. The van der Waals surface area contributed by atoms with Gasteiger partial charge in [0.15, 0.2) is 5.65 Å². The molecule has 2 fully saturated rings. The molecule has 7 rings (SSSR count). The van der Waals surface area contributed by atoms with Crippen LogP contribution in [-0.2, 0) is 12.0 Å². The lowest BCUT2D eigenvalue weighted by atomic mass is 9.84. The van der Waals surface area contributed by atoms with Gasteiger partial charge in [0.1, 0.15) is 0 Å². The molecule has 230 valence electrons. The highest BCUT2D eigenvalue weighted by molar-refractivity contribution is 6.30. The Kier molecular flexibility index (Phi) is 8.12. The molecular weight excluding hydrogens is 586 g/mol. The van der Waals surface area contributed by atoms with E-state index in [0.717, 1.165) is 60.6 Å². The average Bonchev–Trinajstić information content (AvgIpc) is 3.49. The SMILES string of the molecule is O=C(c1ccc(Nc2nc3c(N4CCC(O)(c5ccc(Cl)cc5)CC4)cccn3n2)cc1)N1CCC(Cc2ccccn2)CC1. The molecule has 0 spiro atoms. The van der Waals surface area contributed by atoms with Crippen molar-refractivity contribution in [1.29, 1.82) is 0 Å². The van der Waals surface area contributed by atoms with Gasteiger partial charge in [0.25, 0.3) is 5.91 Å². The molecule has 2 N–H and O–H groups in total. The number of amides is 1. The van der Waals surface area contributed by atoms with Gasteiger partial charge in [-0.2, -0.15) is 4.98 Å². The lowest BCUT2D eigenvalue weighted by Gasteiger charge is -2.39. The minimum atomic E-state index is -0.878. The zero-order valence-corrected chi connectivity index (χ0v) is 25.8. The van der Waals surface area contributed by atoms with Crippen molar-refractivity contribution in [2.24, 2.45) is 5.92 Å². The van der Waals surface area contributed by atoms with Crippen LogP contribution in [-0.4, -0.2) is 61.7 Å². The number of aromatic nitrogens is 4. The van der Waals surface area contributed by atoms with Gasteiger partial charge in [-0.25, -0.2) is 4.52 Å². The number of pyridine rings is 2. The molecule has 0 bridgehead atoms. The smallest absolute Gasteiger partial charge is 0.253 e. The van der Waals surface area contributed by atoms with Crippen molar-refractivity contribution in [3.63, 3.8) is 0 Å². The zero-order valence-electron chi connectivity index (χ0n) is 25.0.